The summed E-state index contributed by atoms with van der Waals surface area (Å²) in [4.78, 5) is 27.2. The van der Waals surface area contributed by atoms with Crippen molar-refractivity contribution in [3.05, 3.63) is 0 Å². The fraction of sp³-hybridized carbons (Fsp3) is 0.800. The minimum atomic E-state index is -4.41. The highest BCUT2D eigenvalue weighted by Crippen LogP contribution is 2.33. The van der Waals surface area contributed by atoms with E-state index >= 15 is 0 Å². The molecule has 0 aliphatic heterocycles. The monoisotopic (exact) mass is 214 g/mol. The van der Waals surface area contributed by atoms with E-state index in [9.17, 15) is 9.36 Å². The lowest BCUT2D eigenvalue weighted by atomic mass is 10.4. The van der Waals surface area contributed by atoms with E-state index in [1.807, 2.05) is 0 Å². The summed E-state index contributed by atoms with van der Waals surface area (Å²) in [5.41, 5.74) is 0. The minimum Gasteiger partial charge on any atom is -0.462 e. The number of hydrogen-bond donors (Lipinski definition) is 4. The fourth-order valence-corrected chi connectivity index (χ4v) is 0.883. The topological polar surface area (TPSA) is 124 Å². The van der Waals surface area contributed by atoms with Crippen LogP contribution in [0, 0.1) is 0 Å². The zero-order valence-corrected chi connectivity index (χ0v) is 7.55. The van der Waals surface area contributed by atoms with Gasteiger partial charge in [-0.1, -0.05) is 0 Å². The Morgan fingerprint density at radius 1 is 1.46 bits per heavy atom. The van der Waals surface area contributed by atoms with Crippen molar-refractivity contribution in [2.45, 2.75) is 6.10 Å². The smallest absolute Gasteiger partial charge is 0.336 e. The number of hydrogen-bond acceptors (Lipinski definition) is 5. The van der Waals surface area contributed by atoms with E-state index in [0.29, 0.717) is 0 Å². The molecule has 0 aromatic carbocycles. The van der Waals surface area contributed by atoms with E-state index in [1.54, 1.807) is 0 Å². The molecule has 13 heavy (non-hydrogen) atoms. The Morgan fingerprint density at radius 3 is 2.38 bits per heavy atom. The minimum absolute atomic E-state index is 0.477. The summed E-state index contributed by atoms with van der Waals surface area (Å²) in [6, 6.07) is 0. The summed E-state index contributed by atoms with van der Waals surface area (Å²) in [5.74, 6) is -1.11. The molecule has 0 fully saturated rings. The van der Waals surface area contributed by atoms with E-state index in [4.69, 9.17) is 20.0 Å². The first kappa shape index (κ1) is 12.5. The predicted octanol–water partition coefficient (Wildman–Crippen LogP) is -1.94. The van der Waals surface area contributed by atoms with Gasteiger partial charge < -0.3 is 24.7 Å². The van der Waals surface area contributed by atoms with Gasteiger partial charge in [-0.2, -0.15) is 0 Å². The van der Waals surface area contributed by atoms with Crippen LogP contribution in [-0.2, 0) is 14.1 Å². The van der Waals surface area contributed by atoms with Gasteiger partial charge in [0.05, 0.1) is 6.61 Å². The molecule has 78 valence electrons. The van der Waals surface area contributed by atoms with Crippen molar-refractivity contribution in [1.82, 2.24) is 0 Å². The second kappa shape index (κ2) is 5.31. The van der Waals surface area contributed by atoms with Gasteiger partial charge in [0, 0.05) is 0 Å². The number of aliphatic hydroxyl groups excluding tert-OH is 2. The highest BCUT2D eigenvalue weighted by atomic mass is 31.2. The maximum atomic E-state index is 10.6. The molecule has 0 heterocycles. The standard InChI is InChI=1S/C5H11O7P/c6-1-4(7)2-12-5(8)3-13(9,10)11/h4,6-7H,1-3H2,(H2,9,10,11)/t4-/m0/s1. The molecule has 0 rings (SSSR count). The largest absolute Gasteiger partial charge is 0.462 e. The van der Waals surface area contributed by atoms with Gasteiger partial charge in [0.15, 0.2) is 0 Å². The molecule has 8 heteroatoms. The van der Waals surface area contributed by atoms with Crippen LogP contribution in [0.3, 0.4) is 0 Å². The third kappa shape index (κ3) is 7.89. The van der Waals surface area contributed by atoms with Gasteiger partial charge >= 0.3 is 13.6 Å². The molecule has 0 aromatic heterocycles. The third-order valence-electron chi connectivity index (χ3n) is 0.983. The molecule has 0 spiro atoms. The van der Waals surface area contributed by atoms with Crippen molar-refractivity contribution in [3.8, 4) is 0 Å². The first-order chi connectivity index (χ1) is 5.85. The van der Waals surface area contributed by atoms with Crippen LogP contribution in [0.5, 0.6) is 0 Å². The summed E-state index contributed by atoms with van der Waals surface area (Å²) < 4.78 is 14.5. The second-order valence-electron chi connectivity index (χ2n) is 2.34. The zero-order valence-electron chi connectivity index (χ0n) is 6.66. The summed E-state index contributed by atoms with van der Waals surface area (Å²) in [6.45, 7) is -1.06. The second-order valence-corrected chi connectivity index (χ2v) is 3.99. The number of ether oxygens (including phenoxy) is 1. The van der Waals surface area contributed by atoms with Crippen LogP contribution in [0.4, 0.5) is 0 Å². The average molecular weight is 214 g/mol. The lowest BCUT2D eigenvalue weighted by Gasteiger charge is -2.08. The Kier molecular flexibility index (Phi) is 5.12. The molecule has 0 saturated carbocycles. The number of carbonyl (C=O) groups is 1. The van der Waals surface area contributed by atoms with Crippen molar-refractivity contribution in [3.63, 3.8) is 0 Å². The van der Waals surface area contributed by atoms with Gasteiger partial charge in [-0.15, -0.1) is 0 Å². The van der Waals surface area contributed by atoms with Crippen LogP contribution < -0.4 is 0 Å². The quantitative estimate of drug-likeness (QED) is 0.310. The molecule has 0 amide bonds. The molecule has 4 N–H and O–H groups in total. The average Bonchev–Trinajstić information content (AvgIpc) is 1.97. The molecule has 1 atom stereocenters. The molecule has 0 aromatic rings. The van der Waals surface area contributed by atoms with Crippen LogP contribution in [0.15, 0.2) is 0 Å². The first-order valence-corrected chi connectivity index (χ1v) is 5.14. The molecule has 0 saturated heterocycles. The highest BCUT2D eigenvalue weighted by molar-refractivity contribution is 7.52. The van der Waals surface area contributed by atoms with Crippen LogP contribution in [0.1, 0.15) is 0 Å². The normalized spacial score (nSPS) is 13.8. The van der Waals surface area contributed by atoms with Crippen molar-refractivity contribution in [2.24, 2.45) is 0 Å². The number of esters is 1. The Balaban J connectivity index is 3.71. The number of aliphatic hydroxyl groups is 2. The van der Waals surface area contributed by atoms with Gasteiger partial charge in [0.2, 0.25) is 0 Å². The van der Waals surface area contributed by atoms with Crippen LogP contribution >= 0.6 is 7.60 Å². The van der Waals surface area contributed by atoms with E-state index in [-0.39, 0.29) is 0 Å². The van der Waals surface area contributed by atoms with Crippen molar-refractivity contribution in [1.29, 1.82) is 0 Å². The number of carbonyl (C=O) groups excluding carboxylic acids is 1. The Bertz CT molecular complexity index is 209. The lowest BCUT2D eigenvalue weighted by Crippen LogP contribution is -2.23. The zero-order chi connectivity index (χ0) is 10.5. The van der Waals surface area contributed by atoms with Gasteiger partial charge in [0.1, 0.15) is 18.9 Å². The van der Waals surface area contributed by atoms with Crippen molar-refractivity contribution in [2.75, 3.05) is 19.4 Å². The molecular weight excluding hydrogens is 203 g/mol. The summed E-state index contributed by atoms with van der Waals surface area (Å²) >= 11 is 0. The highest BCUT2D eigenvalue weighted by Gasteiger charge is 2.20. The molecule has 0 radical (unpaired) electrons. The lowest BCUT2D eigenvalue weighted by molar-refractivity contribution is -0.144. The van der Waals surface area contributed by atoms with E-state index in [2.05, 4.69) is 4.74 Å². The third-order valence-corrected chi connectivity index (χ3v) is 1.65. The Labute approximate surface area is 74.1 Å². The maximum Gasteiger partial charge on any atom is 0.336 e. The van der Waals surface area contributed by atoms with Gasteiger partial charge in [-0.05, 0) is 0 Å². The van der Waals surface area contributed by atoms with Crippen LogP contribution in [0.25, 0.3) is 0 Å². The maximum absolute atomic E-state index is 10.6. The van der Waals surface area contributed by atoms with Gasteiger partial charge in [-0.25, -0.2) is 0 Å². The first-order valence-electron chi connectivity index (χ1n) is 3.34. The van der Waals surface area contributed by atoms with Crippen LogP contribution in [-0.4, -0.2) is 51.4 Å². The van der Waals surface area contributed by atoms with Gasteiger partial charge in [0.25, 0.3) is 0 Å². The SMILES string of the molecule is O=C(CP(=O)(O)O)OC[C@@H](O)CO. The van der Waals surface area contributed by atoms with E-state index in [1.165, 1.54) is 0 Å². The molecule has 0 bridgehead atoms. The molecular formula is C5H11O7P. The van der Waals surface area contributed by atoms with Crippen molar-refractivity contribution < 1.29 is 34.1 Å². The van der Waals surface area contributed by atoms with E-state index in [0.717, 1.165) is 0 Å². The van der Waals surface area contributed by atoms with Gasteiger partial charge in [-0.3, -0.25) is 9.36 Å². The molecule has 0 aliphatic rings. The predicted molar refractivity (Wildman–Crippen MR) is 41.0 cm³/mol. The fourth-order valence-electron chi connectivity index (χ4n) is 0.456. The summed E-state index contributed by atoms with van der Waals surface area (Å²) in [5, 5.41) is 17.0. The van der Waals surface area contributed by atoms with Crippen LogP contribution in [0.2, 0.25) is 0 Å². The molecule has 7 nitrogen and oxygen atoms in total. The summed E-state index contributed by atoms with van der Waals surface area (Å²) in [7, 11) is -4.41. The Morgan fingerprint density at radius 2 is 2.00 bits per heavy atom. The summed E-state index contributed by atoms with van der Waals surface area (Å²) in [6.07, 6.45) is -2.24. The Hall–Kier alpha value is -0.460. The molecule has 0 aliphatic carbocycles. The van der Waals surface area contributed by atoms with E-state index < -0.39 is 39.0 Å². The molecule has 0 unspecified atom stereocenters. The van der Waals surface area contributed by atoms with Crippen molar-refractivity contribution >= 4 is 13.6 Å². The number of rotatable bonds is 5.